The Balaban J connectivity index is 4.25. The van der Waals surface area contributed by atoms with E-state index < -0.39 is 24.2 Å². The van der Waals surface area contributed by atoms with Crippen LogP contribution in [0.15, 0.2) is 0 Å². The molecule has 0 amide bonds. The summed E-state index contributed by atoms with van der Waals surface area (Å²) in [6, 6.07) is 0. The highest BCUT2D eigenvalue weighted by atomic mass is 16.5. The molecule has 90 valence electrons. The molecule has 0 heterocycles. The Bertz CT molecular complexity index is 178. The average molecular weight is 221 g/mol. The fraction of sp³-hybridized carbons (Fsp3) is 0.889. The summed E-state index contributed by atoms with van der Waals surface area (Å²) in [6.45, 7) is 0.144. The number of rotatable bonds is 8. The van der Waals surface area contributed by atoms with E-state index in [1.54, 1.807) is 7.05 Å². The minimum Gasteiger partial charge on any atom is -0.390 e. The lowest BCUT2D eigenvalue weighted by Gasteiger charge is -2.26. The van der Waals surface area contributed by atoms with Crippen LogP contribution in [0.25, 0.3) is 0 Å². The summed E-state index contributed by atoms with van der Waals surface area (Å²) >= 11 is 0. The molecule has 0 radical (unpaired) electrons. The fourth-order valence-electron chi connectivity index (χ4n) is 1.24. The number of aldehydes is 1. The maximum Gasteiger partial charge on any atom is 0.127 e. The fourth-order valence-corrected chi connectivity index (χ4v) is 1.24. The monoisotopic (exact) mass is 221 g/mol. The van der Waals surface area contributed by atoms with Crippen molar-refractivity contribution in [1.82, 2.24) is 5.32 Å². The highest BCUT2D eigenvalue weighted by Gasteiger charge is 2.30. The van der Waals surface area contributed by atoms with Gasteiger partial charge < -0.3 is 30.2 Å². The van der Waals surface area contributed by atoms with E-state index in [9.17, 15) is 20.1 Å². The molecule has 0 spiro atoms. The molecule has 0 fully saturated rings. The van der Waals surface area contributed by atoms with Crippen molar-refractivity contribution in [2.45, 2.75) is 18.3 Å². The lowest BCUT2D eigenvalue weighted by Crippen LogP contribution is -2.46. The lowest BCUT2D eigenvalue weighted by molar-refractivity contribution is -0.125. The molecule has 0 aromatic heterocycles. The number of aliphatic hydroxyl groups excluding tert-OH is 3. The van der Waals surface area contributed by atoms with Gasteiger partial charge in [-0.05, 0) is 7.05 Å². The molecule has 0 aromatic rings. The van der Waals surface area contributed by atoms with Crippen LogP contribution >= 0.6 is 0 Å². The first-order valence-electron chi connectivity index (χ1n) is 4.71. The topological polar surface area (TPSA) is 99.0 Å². The molecule has 4 N–H and O–H groups in total. The Hall–Kier alpha value is -0.530. The third kappa shape index (κ3) is 4.67. The van der Waals surface area contributed by atoms with Crippen molar-refractivity contribution in [3.63, 3.8) is 0 Å². The van der Waals surface area contributed by atoms with E-state index in [2.05, 4.69) is 10.1 Å². The van der Waals surface area contributed by atoms with Crippen LogP contribution in [0.4, 0.5) is 0 Å². The molecule has 0 aliphatic heterocycles. The second kappa shape index (κ2) is 7.72. The number of carbonyl (C=O) groups is 1. The zero-order valence-electron chi connectivity index (χ0n) is 8.96. The molecule has 4 unspecified atom stereocenters. The highest BCUT2D eigenvalue weighted by molar-refractivity contribution is 5.55. The summed E-state index contributed by atoms with van der Waals surface area (Å²) in [4.78, 5) is 10.6. The molecule has 0 bridgehead atoms. The summed E-state index contributed by atoms with van der Waals surface area (Å²) in [6.07, 6.45) is -3.36. The summed E-state index contributed by atoms with van der Waals surface area (Å²) in [7, 11) is 2.99. The molecule has 0 aromatic carbocycles. The van der Waals surface area contributed by atoms with Crippen molar-refractivity contribution < 1.29 is 24.9 Å². The number of hydrogen-bond acceptors (Lipinski definition) is 6. The van der Waals surface area contributed by atoms with Gasteiger partial charge in [0.1, 0.15) is 18.5 Å². The van der Waals surface area contributed by atoms with Crippen molar-refractivity contribution in [2.75, 3.05) is 27.3 Å². The van der Waals surface area contributed by atoms with Crippen molar-refractivity contribution in [1.29, 1.82) is 0 Å². The number of nitrogens with one attached hydrogen (secondary N) is 1. The van der Waals surface area contributed by atoms with Crippen molar-refractivity contribution in [2.24, 2.45) is 5.92 Å². The van der Waals surface area contributed by atoms with Crippen LogP contribution in [-0.2, 0) is 9.53 Å². The third-order valence-electron chi connectivity index (χ3n) is 2.13. The first kappa shape index (κ1) is 14.5. The van der Waals surface area contributed by atoms with Gasteiger partial charge in [-0.1, -0.05) is 0 Å². The standard InChI is InChI=1S/C9H19NO5/c1-10-3-6(4-11)8(13)9(14)7(12)5-15-2/h4,6-10,12-14H,3,5H2,1-2H3. The molecule has 4 atom stereocenters. The van der Waals surface area contributed by atoms with E-state index >= 15 is 0 Å². The van der Waals surface area contributed by atoms with E-state index in [4.69, 9.17) is 0 Å². The second-order valence-corrected chi connectivity index (χ2v) is 3.36. The molecule has 0 rings (SSSR count). The molecule has 6 heteroatoms. The predicted octanol–water partition coefficient (Wildman–Crippen LogP) is -2.25. The number of carbonyl (C=O) groups excluding carboxylic acids is 1. The smallest absolute Gasteiger partial charge is 0.127 e. The molecule has 0 saturated carbocycles. The summed E-state index contributed by atoms with van der Waals surface area (Å²) in [5, 5.41) is 31.1. The van der Waals surface area contributed by atoms with Gasteiger partial charge in [0.25, 0.3) is 0 Å². The van der Waals surface area contributed by atoms with Gasteiger partial charge in [0.2, 0.25) is 0 Å². The van der Waals surface area contributed by atoms with Gasteiger partial charge in [0.15, 0.2) is 0 Å². The van der Waals surface area contributed by atoms with Crippen molar-refractivity contribution in [3.05, 3.63) is 0 Å². The maximum absolute atomic E-state index is 10.6. The Morgan fingerprint density at radius 2 is 1.93 bits per heavy atom. The zero-order chi connectivity index (χ0) is 11.8. The summed E-state index contributed by atoms with van der Waals surface area (Å²) in [5.41, 5.74) is 0. The number of methoxy groups -OCH3 is 1. The maximum atomic E-state index is 10.6. The summed E-state index contributed by atoms with van der Waals surface area (Å²) < 4.78 is 4.62. The molecular weight excluding hydrogens is 202 g/mol. The number of ether oxygens (including phenoxy) is 1. The van der Waals surface area contributed by atoms with Crippen LogP contribution in [0.5, 0.6) is 0 Å². The molecule has 0 saturated heterocycles. The first-order chi connectivity index (χ1) is 7.08. The zero-order valence-corrected chi connectivity index (χ0v) is 8.96. The Labute approximate surface area is 88.9 Å². The minimum atomic E-state index is -1.39. The SMILES string of the molecule is CNCC(C=O)C(O)C(O)C(O)COC. The van der Waals surface area contributed by atoms with E-state index in [1.807, 2.05) is 0 Å². The largest absolute Gasteiger partial charge is 0.390 e. The Morgan fingerprint density at radius 3 is 2.33 bits per heavy atom. The molecular formula is C9H19NO5. The van der Waals surface area contributed by atoms with Crippen LogP contribution in [0.1, 0.15) is 0 Å². The van der Waals surface area contributed by atoms with Crippen molar-refractivity contribution >= 4 is 6.29 Å². The van der Waals surface area contributed by atoms with Crippen molar-refractivity contribution in [3.8, 4) is 0 Å². The highest BCUT2D eigenvalue weighted by Crippen LogP contribution is 2.09. The predicted molar refractivity (Wildman–Crippen MR) is 53.4 cm³/mol. The normalized spacial score (nSPS) is 19.3. The number of hydrogen-bond donors (Lipinski definition) is 4. The van der Waals surface area contributed by atoms with Crippen LogP contribution in [0, 0.1) is 5.92 Å². The van der Waals surface area contributed by atoms with E-state index in [-0.39, 0.29) is 13.2 Å². The van der Waals surface area contributed by atoms with Gasteiger partial charge in [-0.25, -0.2) is 0 Å². The molecule has 0 aliphatic rings. The van der Waals surface area contributed by atoms with Gasteiger partial charge in [0, 0.05) is 13.7 Å². The molecule has 0 aliphatic carbocycles. The van der Waals surface area contributed by atoms with Crippen LogP contribution in [0.3, 0.4) is 0 Å². The van der Waals surface area contributed by atoms with E-state index in [0.717, 1.165) is 0 Å². The lowest BCUT2D eigenvalue weighted by atomic mass is 9.96. The molecule has 6 nitrogen and oxygen atoms in total. The first-order valence-corrected chi connectivity index (χ1v) is 4.71. The third-order valence-corrected chi connectivity index (χ3v) is 2.13. The Kier molecular flexibility index (Phi) is 7.45. The van der Waals surface area contributed by atoms with Gasteiger partial charge in [-0.2, -0.15) is 0 Å². The van der Waals surface area contributed by atoms with Crippen LogP contribution < -0.4 is 5.32 Å². The quantitative estimate of drug-likeness (QED) is 0.346. The average Bonchev–Trinajstić information content (AvgIpc) is 2.24. The Morgan fingerprint density at radius 1 is 1.33 bits per heavy atom. The van der Waals surface area contributed by atoms with Crippen LogP contribution in [-0.4, -0.2) is 67.2 Å². The summed E-state index contributed by atoms with van der Waals surface area (Å²) in [5.74, 6) is -0.753. The van der Waals surface area contributed by atoms with E-state index in [1.165, 1.54) is 7.11 Å². The second-order valence-electron chi connectivity index (χ2n) is 3.36. The van der Waals surface area contributed by atoms with Gasteiger partial charge in [-0.15, -0.1) is 0 Å². The van der Waals surface area contributed by atoms with Gasteiger partial charge in [0.05, 0.1) is 18.6 Å². The van der Waals surface area contributed by atoms with Gasteiger partial charge >= 0.3 is 0 Å². The minimum absolute atomic E-state index is 0.0939. The molecule has 15 heavy (non-hydrogen) atoms. The van der Waals surface area contributed by atoms with Gasteiger partial charge in [-0.3, -0.25) is 0 Å². The van der Waals surface area contributed by atoms with E-state index in [0.29, 0.717) is 6.29 Å². The van der Waals surface area contributed by atoms with Crippen LogP contribution in [0.2, 0.25) is 0 Å². The number of aliphatic hydroxyl groups is 3.